The van der Waals surface area contributed by atoms with E-state index in [0.717, 1.165) is 5.76 Å². The third-order valence-electron chi connectivity index (χ3n) is 2.43. The van der Waals surface area contributed by atoms with Gasteiger partial charge in [0, 0.05) is 12.7 Å². The number of nitrogens with zero attached hydrogens (tertiary/aromatic N) is 2. The van der Waals surface area contributed by atoms with Crippen LogP contribution < -0.4 is 4.90 Å². The van der Waals surface area contributed by atoms with Crippen LogP contribution >= 0.6 is 0 Å². The van der Waals surface area contributed by atoms with E-state index in [-0.39, 0.29) is 0 Å². The Balaban J connectivity index is 2.22. The van der Waals surface area contributed by atoms with Crippen LogP contribution in [-0.2, 0) is 6.54 Å². The van der Waals surface area contributed by atoms with Crippen LogP contribution in [0.3, 0.4) is 0 Å². The lowest BCUT2D eigenvalue weighted by Crippen LogP contribution is -2.16. The van der Waals surface area contributed by atoms with E-state index >= 15 is 0 Å². The smallest absolute Gasteiger partial charge is 0.126 e. The normalized spacial score (nSPS) is 9.94. The molecule has 1 aromatic carbocycles. The molecule has 0 aliphatic heterocycles. The maximum atomic E-state index is 13.3. The van der Waals surface area contributed by atoms with E-state index < -0.39 is 5.82 Å². The Morgan fingerprint density at radius 3 is 2.88 bits per heavy atom. The summed E-state index contributed by atoms with van der Waals surface area (Å²) < 4.78 is 18.5. The van der Waals surface area contributed by atoms with Gasteiger partial charge in [0.25, 0.3) is 0 Å². The zero-order valence-corrected chi connectivity index (χ0v) is 9.35. The van der Waals surface area contributed by atoms with Crippen molar-refractivity contribution in [2.75, 3.05) is 11.9 Å². The van der Waals surface area contributed by atoms with Crippen LogP contribution in [0, 0.1) is 17.1 Å². The predicted octanol–water partition coefficient (Wildman–Crippen LogP) is 2.93. The first-order valence-electron chi connectivity index (χ1n) is 5.13. The number of benzene rings is 1. The summed E-state index contributed by atoms with van der Waals surface area (Å²) in [5.74, 6) is 0.376. The van der Waals surface area contributed by atoms with Crippen molar-refractivity contribution in [2.45, 2.75) is 6.54 Å². The van der Waals surface area contributed by atoms with Gasteiger partial charge in [-0.1, -0.05) is 0 Å². The second kappa shape index (κ2) is 4.71. The third kappa shape index (κ3) is 2.64. The van der Waals surface area contributed by atoms with Gasteiger partial charge in [0.2, 0.25) is 0 Å². The van der Waals surface area contributed by atoms with Gasteiger partial charge in [0.15, 0.2) is 0 Å². The van der Waals surface area contributed by atoms with Gasteiger partial charge in [0.05, 0.1) is 24.4 Å². The lowest BCUT2D eigenvalue weighted by molar-refractivity contribution is 0.507. The summed E-state index contributed by atoms with van der Waals surface area (Å²) in [6.07, 6.45) is 1.59. The van der Waals surface area contributed by atoms with Gasteiger partial charge >= 0.3 is 0 Å². The van der Waals surface area contributed by atoms with E-state index in [1.54, 1.807) is 18.4 Å². The fourth-order valence-electron chi connectivity index (χ4n) is 1.59. The van der Waals surface area contributed by atoms with E-state index in [1.807, 2.05) is 24.1 Å². The van der Waals surface area contributed by atoms with Gasteiger partial charge in [-0.25, -0.2) is 4.39 Å². The zero-order valence-electron chi connectivity index (χ0n) is 9.35. The van der Waals surface area contributed by atoms with Crippen LogP contribution in [0.15, 0.2) is 41.0 Å². The van der Waals surface area contributed by atoms with Crippen LogP contribution in [0.1, 0.15) is 11.3 Å². The summed E-state index contributed by atoms with van der Waals surface area (Å²) in [4.78, 5) is 1.82. The molecule has 0 atom stereocenters. The molecule has 4 heteroatoms. The molecular formula is C13H11FN2O. The molecule has 0 spiro atoms. The summed E-state index contributed by atoms with van der Waals surface area (Å²) in [6, 6.07) is 9.83. The zero-order chi connectivity index (χ0) is 12.3. The van der Waals surface area contributed by atoms with Crippen molar-refractivity contribution < 1.29 is 8.81 Å². The van der Waals surface area contributed by atoms with Crippen molar-refractivity contribution in [3.63, 3.8) is 0 Å². The molecule has 2 rings (SSSR count). The molecule has 0 aliphatic carbocycles. The van der Waals surface area contributed by atoms with Crippen molar-refractivity contribution in [3.8, 4) is 6.07 Å². The minimum Gasteiger partial charge on any atom is -0.467 e. The molecule has 0 N–H and O–H groups in total. The van der Waals surface area contributed by atoms with Crippen molar-refractivity contribution in [2.24, 2.45) is 0 Å². The molecule has 0 fully saturated rings. The average Bonchev–Trinajstić information content (AvgIpc) is 2.81. The molecule has 0 saturated carbocycles. The Morgan fingerprint density at radius 1 is 1.41 bits per heavy atom. The molecule has 86 valence electrons. The topological polar surface area (TPSA) is 40.2 Å². The highest BCUT2D eigenvalue weighted by Gasteiger charge is 2.07. The van der Waals surface area contributed by atoms with E-state index in [1.165, 1.54) is 12.1 Å². The number of furan rings is 1. The lowest BCUT2D eigenvalue weighted by atomic mass is 10.2. The first-order valence-corrected chi connectivity index (χ1v) is 5.13. The van der Waals surface area contributed by atoms with Crippen molar-refractivity contribution in [1.29, 1.82) is 5.26 Å². The largest absolute Gasteiger partial charge is 0.467 e. The first kappa shape index (κ1) is 11.2. The SMILES string of the molecule is CN(Cc1ccco1)c1cc(F)cc(C#N)c1. The van der Waals surface area contributed by atoms with Gasteiger partial charge in [-0.3, -0.25) is 0 Å². The van der Waals surface area contributed by atoms with E-state index in [0.29, 0.717) is 17.8 Å². The molecule has 0 aliphatic rings. The molecule has 0 saturated heterocycles. The molecule has 3 nitrogen and oxygen atoms in total. The van der Waals surface area contributed by atoms with Gasteiger partial charge in [-0.15, -0.1) is 0 Å². The minimum atomic E-state index is -0.412. The summed E-state index contributed by atoms with van der Waals surface area (Å²) >= 11 is 0. The third-order valence-corrected chi connectivity index (χ3v) is 2.43. The number of nitriles is 1. The molecule has 0 amide bonds. The summed E-state index contributed by atoms with van der Waals surface area (Å²) in [5.41, 5.74) is 0.962. The summed E-state index contributed by atoms with van der Waals surface area (Å²) in [6.45, 7) is 0.529. The maximum absolute atomic E-state index is 13.3. The second-order valence-corrected chi connectivity index (χ2v) is 3.75. The number of rotatable bonds is 3. The van der Waals surface area contributed by atoms with E-state index in [2.05, 4.69) is 0 Å². The van der Waals surface area contributed by atoms with Crippen LogP contribution in [0.5, 0.6) is 0 Å². The second-order valence-electron chi connectivity index (χ2n) is 3.75. The molecule has 1 aromatic heterocycles. The van der Waals surface area contributed by atoms with Gasteiger partial charge < -0.3 is 9.32 Å². The fourth-order valence-corrected chi connectivity index (χ4v) is 1.59. The number of hydrogen-bond donors (Lipinski definition) is 0. The highest BCUT2D eigenvalue weighted by Crippen LogP contribution is 2.19. The molecule has 17 heavy (non-hydrogen) atoms. The molecule has 0 unspecified atom stereocenters. The maximum Gasteiger partial charge on any atom is 0.126 e. The van der Waals surface area contributed by atoms with Crippen LogP contribution in [0.4, 0.5) is 10.1 Å². The molecule has 1 heterocycles. The molecule has 0 bridgehead atoms. The molecular weight excluding hydrogens is 219 g/mol. The van der Waals surface area contributed by atoms with Crippen LogP contribution in [0.25, 0.3) is 0 Å². The lowest BCUT2D eigenvalue weighted by Gasteiger charge is -2.18. The Hall–Kier alpha value is -2.28. The molecule has 2 aromatic rings. The minimum absolute atomic E-state index is 0.311. The fraction of sp³-hybridized carbons (Fsp3) is 0.154. The Kier molecular flexibility index (Phi) is 3.10. The van der Waals surface area contributed by atoms with Crippen LogP contribution in [0.2, 0.25) is 0 Å². The number of anilines is 1. The van der Waals surface area contributed by atoms with E-state index in [4.69, 9.17) is 9.68 Å². The quantitative estimate of drug-likeness (QED) is 0.813. The van der Waals surface area contributed by atoms with Gasteiger partial charge in [-0.2, -0.15) is 5.26 Å². The van der Waals surface area contributed by atoms with Gasteiger partial charge in [-0.05, 0) is 30.3 Å². The highest BCUT2D eigenvalue weighted by molar-refractivity contribution is 5.51. The Bertz CT molecular complexity index is 543. The standard InChI is InChI=1S/C13H11FN2O/c1-16(9-13-3-2-4-17-13)12-6-10(8-15)5-11(14)7-12/h2-7H,9H2,1H3. The number of hydrogen-bond acceptors (Lipinski definition) is 3. The monoisotopic (exact) mass is 230 g/mol. The Labute approximate surface area is 98.7 Å². The average molecular weight is 230 g/mol. The van der Waals surface area contributed by atoms with Crippen LogP contribution in [-0.4, -0.2) is 7.05 Å². The van der Waals surface area contributed by atoms with Crippen molar-refractivity contribution >= 4 is 5.69 Å². The Morgan fingerprint density at radius 2 is 2.24 bits per heavy atom. The van der Waals surface area contributed by atoms with Crippen molar-refractivity contribution in [1.82, 2.24) is 0 Å². The number of halogens is 1. The summed E-state index contributed by atoms with van der Waals surface area (Å²) in [5, 5.41) is 8.77. The molecule has 0 radical (unpaired) electrons. The summed E-state index contributed by atoms with van der Waals surface area (Å²) in [7, 11) is 1.82. The van der Waals surface area contributed by atoms with E-state index in [9.17, 15) is 4.39 Å². The predicted molar refractivity (Wildman–Crippen MR) is 61.9 cm³/mol. The highest BCUT2D eigenvalue weighted by atomic mass is 19.1. The first-order chi connectivity index (χ1) is 8.19. The van der Waals surface area contributed by atoms with Gasteiger partial charge in [0.1, 0.15) is 11.6 Å². The van der Waals surface area contributed by atoms with Crippen molar-refractivity contribution in [3.05, 3.63) is 53.7 Å².